The molecule has 1 aromatic heterocycles. The number of rotatable bonds is 2. The smallest absolute Gasteiger partial charge is 0.282 e. The number of hydrogen-bond acceptors (Lipinski definition) is 1. The van der Waals surface area contributed by atoms with E-state index in [2.05, 4.69) is 4.98 Å². The SMILES string of the molecule is C[Si](C)(C)C(F)(F)n1ccnc1. The number of halogens is 2. The molecule has 0 spiro atoms. The molecule has 0 unspecified atom stereocenters. The van der Waals surface area contributed by atoms with Gasteiger partial charge in [0.15, 0.2) is 8.07 Å². The minimum atomic E-state index is -2.75. The van der Waals surface area contributed by atoms with Crippen LogP contribution in [0.5, 0.6) is 0 Å². The van der Waals surface area contributed by atoms with Crippen LogP contribution in [-0.2, 0) is 5.67 Å². The second-order valence-corrected chi connectivity index (χ2v) is 8.86. The van der Waals surface area contributed by atoms with Crippen LogP contribution >= 0.6 is 0 Å². The van der Waals surface area contributed by atoms with Crippen molar-refractivity contribution in [2.24, 2.45) is 0 Å². The third kappa shape index (κ3) is 1.41. The summed E-state index contributed by atoms with van der Waals surface area (Å²) in [5.74, 6) is 0. The monoisotopic (exact) mass is 190 g/mol. The molecule has 0 aromatic carbocycles. The zero-order valence-corrected chi connectivity index (χ0v) is 8.38. The molecule has 68 valence electrons. The van der Waals surface area contributed by atoms with E-state index in [4.69, 9.17) is 0 Å². The number of hydrogen-bond donors (Lipinski definition) is 0. The first-order chi connectivity index (χ1) is 5.36. The molecule has 0 saturated heterocycles. The Labute approximate surface area is 71.2 Å². The molecular weight excluding hydrogens is 178 g/mol. The van der Waals surface area contributed by atoms with Gasteiger partial charge in [0.2, 0.25) is 0 Å². The van der Waals surface area contributed by atoms with E-state index >= 15 is 0 Å². The van der Waals surface area contributed by atoms with Gasteiger partial charge in [-0.25, -0.2) is 4.98 Å². The van der Waals surface area contributed by atoms with Gasteiger partial charge in [-0.1, -0.05) is 19.6 Å². The van der Waals surface area contributed by atoms with Gasteiger partial charge in [-0.15, -0.1) is 0 Å². The molecule has 0 N–H and O–H groups in total. The number of nitrogens with zero attached hydrogens (tertiary/aromatic N) is 2. The van der Waals surface area contributed by atoms with Gasteiger partial charge in [0, 0.05) is 12.4 Å². The fraction of sp³-hybridized carbons (Fsp3) is 0.571. The lowest BCUT2D eigenvalue weighted by Crippen LogP contribution is -2.46. The zero-order chi connectivity index (χ0) is 9.41. The van der Waals surface area contributed by atoms with Crippen LogP contribution in [0.15, 0.2) is 18.7 Å². The molecule has 0 radical (unpaired) electrons. The summed E-state index contributed by atoms with van der Waals surface area (Å²) in [7, 11) is -2.50. The van der Waals surface area contributed by atoms with Gasteiger partial charge in [-0.3, -0.25) is 4.57 Å². The van der Waals surface area contributed by atoms with Crippen LogP contribution in [0.4, 0.5) is 8.78 Å². The molecule has 2 nitrogen and oxygen atoms in total. The first-order valence-electron chi connectivity index (χ1n) is 3.72. The van der Waals surface area contributed by atoms with Crippen molar-refractivity contribution in [2.75, 3.05) is 0 Å². The molecule has 0 amide bonds. The van der Waals surface area contributed by atoms with Crippen LogP contribution in [0.1, 0.15) is 0 Å². The van der Waals surface area contributed by atoms with E-state index in [1.54, 1.807) is 19.6 Å². The Bertz CT molecular complexity index is 251. The Morgan fingerprint density at radius 3 is 2.25 bits per heavy atom. The maximum atomic E-state index is 13.5. The summed E-state index contributed by atoms with van der Waals surface area (Å²) >= 11 is 0. The van der Waals surface area contributed by atoms with Gasteiger partial charge >= 0.3 is 5.67 Å². The molecule has 0 saturated carbocycles. The Balaban J connectivity index is 3.02. The van der Waals surface area contributed by atoms with Crippen molar-refractivity contribution in [1.82, 2.24) is 9.55 Å². The molecule has 0 fully saturated rings. The first-order valence-corrected chi connectivity index (χ1v) is 7.22. The third-order valence-corrected chi connectivity index (χ3v) is 3.79. The molecule has 5 heteroatoms. The van der Waals surface area contributed by atoms with Crippen LogP contribution in [0.25, 0.3) is 0 Å². The van der Waals surface area contributed by atoms with Crippen molar-refractivity contribution in [2.45, 2.75) is 25.3 Å². The minimum Gasteiger partial charge on any atom is -0.282 e. The van der Waals surface area contributed by atoms with E-state index in [1.807, 2.05) is 0 Å². The van der Waals surface area contributed by atoms with E-state index in [0.29, 0.717) is 0 Å². The summed E-state index contributed by atoms with van der Waals surface area (Å²) in [5.41, 5.74) is -2.75. The largest absolute Gasteiger partial charge is 0.304 e. The van der Waals surface area contributed by atoms with Crippen LogP contribution in [0.2, 0.25) is 19.6 Å². The summed E-state index contributed by atoms with van der Waals surface area (Å²) < 4.78 is 27.8. The summed E-state index contributed by atoms with van der Waals surface area (Å²) in [6.07, 6.45) is 3.84. The van der Waals surface area contributed by atoms with Crippen LogP contribution in [-0.4, -0.2) is 17.6 Å². The fourth-order valence-electron chi connectivity index (χ4n) is 0.813. The van der Waals surface area contributed by atoms with E-state index in [-0.39, 0.29) is 0 Å². The van der Waals surface area contributed by atoms with E-state index in [0.717, 1.165) is 10.9 Å². The second-order valence-electron chi connectivity index (χ2n) is 3.76. The second kappa shape index (κ2) is 2.65. The Morgan fingerprint density at radius 2 is 1.92 bits per heavy atom. The van der Waals surface area contributed by atoms with Crippen LogP contribution in [0, 0.1) is 0 Å². The quantitative estimate of drug-likeness (QED) is 0.654. The molecule has 1 heterocycles. The Kier molecular flexibility index (Phi) is 2.07. The third-order valence-electron chi connectivity index (χ3n) is 1.73. The summed E-state index contributed by atoms with van der Waals surface area (Å²) in [6, 6.07) is 0. The highest BCUT2D eigenvalue weighted by Gasteiger charge is 2.46. The Hall–Kier alpha value is -0.713. The van der Waals surface area contributed by atoms with Crippen molar-refractivity contribution < 1.29 is 8.78 Å². The summed E-state index contributed by atoms with van der Waals surface area (Å²) in [4.78, 5) is 3.61. The van der Waals surface area contributed by atoms with Crippen molar-refractivity contribution in [3.05, 3.63) is 18.7 Å². The molecule has 0 aliphatic rings. The number of alkyl halides is 2. The van der Waals surface area contributed by atoms with E-state index in [1.165, 1.54) is 12.4 Å². The average Bonchev–Trinajstić information content (AvgIpc) is 2.34. The summed E-state index contributed by atoms with van der Waals surface area (Å²) in [5, 5.41) is 0. The van der Waals surface area contributed by atoms with Gasteiger partial charge in [0.05, 0.1) is 6.33 Å². The maximum absolute atomic E-state index is 13.5. The van der Waals surface area contributed by atoms with Gasteiger partial charge < -0.3 is 0 Å². The van der Waals surface area contributed by atoms with Gasteiger partial charge in [-0.2, -0.15) is 8.78 Å². The van der Waals surface area contributed by atoms with Crippen LogP contribution in [0.3, 0.4) is 0 Å². The average molecular weight is 190 g/mol. The molecule has 1 aromatic rings. The van der Waals surface area contributed by atoms with Crippen molar-refractivity contribution in [1.29, 1.82) is 0 Å². The molecule has 1 rings (SSSR count). The van der Waals surface area contributed by atoms with E-state index in [9.17, 15) is 8.78 Å². The first kappa shape index (κ1) is 9.38. The highest BCUT2D eigenvalue weighted by molar-refractivity contribution is 6.77. The topological polar surface area (TPSA) is 17.8 Å². The molecular formula is C7H12F2N2Si. The predicted octanol–water partition coefficient (Wildman–Crippen LogP) is 2.31. The minimum absolute atomic E-state index is 0.888. The summed E-state index contributed by atoms with van der Waals surface area (Å²) in [6.45, 7) is 4.90. The number of aromatic nitrogens is 2. The number of imidazole rings is 1. The van der Waals surface area contributed by atoms with Crippen molar-refractivity contribution >= 4 is 8.07 Å². The molecule has 0 atom stereocenters. The highest BCUT2D eigenvalue weighted by Crippen LogP contribution is 2.31. The lowest BCUT2D eigenvalue weighted by Gasteiger charge is -2.29. The highest BCUT2D eigenvalue weighted by atomic mass is 28.3. The van der Waals surface area contributed by atoms with Crippen molar-refractivity contribution in [3.63, 3.8) is 0 Å². The fourth-order valence-corrected chi connectivity index (χ4v) is 1.72. The zero-order valence-electron chi connectivity index (χ0n) is 7.38. The normalized spacial score (nSPS) is 13.4. The molecule has 12 heavy (non-hydrogen) atoms. The lowest BCUT2D eigenvalue weighted by atomic mass is 10.9. The molecule has 0 aliphatic heterocycles. The molecule has 0 aliphatic carbocycles. The van der Waals surface area contributed by atoms with Gasteiger partial charge in [-0.05, 0) is 0 Å². The maximum Gasteiger partial charge on any atom is 0.304 e. The van der Waals surface area contributed by atoms with Gasteiger partial charge in [0.1, 0.15) is 0 Å². The van der Waals surface area contributed by atoms with E-state index < -0.39 is 13.7 Å². The van der Waals surface area contributed by atoms with Crippen LogP contribution < -0.4 is 0 Å². The predicted molar refractivity (Wildman–Crippen MR) is 45.8 cm³/mol. The van der Waals surface area contributed by atoms with Gasteiger partial charge in [0.25, 0.3) is 0 Å². The van der Waals surface area contributed by atoms with Crippen molar-refractivity contribution in [3.8, 4) is 0 Å². The Morgan fingerprint density at radius 1 is 1.33 bits per heavy atom. The standard InChI is InChI=1S/C7H12F2N2Si/c1-12(2,3)7(8,9)11-5-4-10-6-11/h4-6H,1-3H3. The lowest BCUT2D eigenvalue weighted by molar-refractivity contribution is -0.000913. The molecule has 0 bridgehead atoms.